The molecular formula is C22H17F4N5O3. The average molecular weight is 478 g/mol. The first-order valence-electron chi connectivity index (χ1n) is 11.2. The van der Waals surface area contributed by atoms with Crippen LogP contribution in [0, 0.1) is 5.82 Å². The molecule has 4 aromatic rings. The van der Waals surface area contributed by atoms with Gasteiger partial charge < -0.3 is 15.2 Å². The molecule has 0 bridgehead atoms. The van der Waals surface area contributed by atoms with E-state index in [9.17, 15) is 22.4 Å². The number of halogens is 4. The zero-order valence-electron chi connectivity index (χ0n) is 20.1. The highest BCUT2D eigenvalue weighted by atomic mass is 19.4. The molecule has 0 fully saturated rings. The number of rotatable bonds is 7. The fourth-order valence-corrected chi connectivity index (χ4v) is 3.29. The quantitative estimate of drug-likeness (QED) is 0.313. The summed E-state index contributed by atoms with van der Waals surface area (Å²) in [6, 6.07) is 7.04. The predicted octanol–water partition coefficient (Wildman–Crippen LogP) is 4.24. The minimum absolute atomic E-state index is 0.0458. The molecule has 34 heavy (non-hydrogen) atoms. The van der Waals surface area contributed by atoms with Gasteiger partial charge in [0.25, 0.3) is 0 Å². The number of pyridine rings is 2. The van der Waals surface area contributed by atoms with Gasteiger partial charge in [-0.25, -0.2) is 13.9 Å². The SMILES string of the molecule is [2H]C([2H])([2H])Oc1ncc(-c2ccn3nc(N)nc3c2)cc1C(=O)CCc1cc(OC(F)(F)F)ccc1F. The van der Waals surface area contributed by atoms with E-state index in [0.29, 0.717) is 16.8 Å². The largest absolute Gasteiger partial charge is 0.573 e. The molecule has 3 heterocycles. The molecule has 12 heteroatoms. The van der Waals surface area contributed by atoms with Crippen LogP contribution in [0.4, 0.5) is 23.5 Å². The molecule has 0 radical (unpaired) electrons. The number of carbonyl (C=O) groups is 1. The number of Topliss-reactive ketones (excluding diaryl/α,β-unsaturated/α-hetero) is 1. The zero-order valence-corrected chi connectivity index (χ0v) is 17.1. The van der Waals surface area contributed by atoms with Crippen LogP contribution in [0.15, 0.2) is 48.8 Å². The summed E-state index contributed by atoms with van der Waals surface area (Å²) in [6.45, 7) is 0. The normalized spacial score (nSPS) is 13.2. The molecule has 0 spiro atoms. The Hall–Kier alpha value is -4.22. The highest BCUT2D eigenvalue weighted by molar-refractivity contribution is 5.99. The molecule has 3 aromatic heterocycles. The Morgan fingerprint density at radius 3 is 2.79 bits per heavy atom. The Morgan fingerprint density at radius 1 is 1.21 bits per heavy atom. The number of ether oxygens (including phenoxy) is 2. The number of carbonyl (C=O) groups excluding carboxylic acids is 1. The second-order valence-electron chi connectivity index (χ2n) is 7.09. The van der Waals surface area contributed by atoms with E-state index in [-0.39, 0.29) is 23.5 Å². The van der Waals surface area contributed by atoms with Crippen LogP contribution < -0.4 is 15.2 Å². The summed E-state index contributed by atoms with van der Waals surface area (Å²) in [5, 5.41) is 3.96. The summed E-state index contributed by atoms with van der Waals surface area (Å²) in [5.74, 6) is -2.59. The second-order valence-corrected chi connectivity index (χ2v) is 7.09. The Kier molecular flexibility index (Phi) is 5.08. The van der Waals surface area contributed by atoms with Crippen LogP contribution in [0.5, 0.6) is 11.6 Å². The molecule has 2 N–H and O–H groups in total. The molecular weight excluding hydrogens is 458 g/mol. The summed E-state index contributed by atoms with van der Waals surface area (Å²) < 4.78 is 83.8. The fraction of sp³-hybridized carbons (Fsp3) is 0.182. The maximum Gasteiger partial charge on any atom is 0.573 e. The summed E-state index contributed by atoms with van der Waals surface area (Å²) >= 11 is 0. The molecule has 8 nitrogen and oxygen atoms in total. The first kappa shape index (κ1) is 19.3. The first-order chi connectivity index (χ1) is 17.3. The van der Waals surface area contributed by atoms with Gasteiger partial charge in [-0.2, -0.15) is 4.98 Å². The molecule has 0 unspecified atom stereocenters. The Bertz CT molecular complexity index is 1470. The zero-order chi connectivity index (χ0) is 27.0. The van der Waals surface area contributed by atoms with Gasteiger partial charge in [0.15, 0.2) is 11.4 Å². The van der Waals surface area contributed by atoms with Crippen molar-refractivity contribution in [3.63, 3.8) is 0 Å². The van der Waals surface area contributed by atoms with Crippen molar-refractivity contribution in [1.29, 1.82) is 0 Å². The Balaban J connectivity index is 1.63. The van der Waals surface area contributed by atoms with Gasteiger partial charge >= 0.3 is 6.36 Å². The lowest BCUT2D eigenvalue weighted by atomic mass is 10.00. The van der Waals surface area contributed by atoms with Crippen molar-refractivity contribution >= 4 is 17.4 Å². The van der Waals surface area contributed by atoms with Gasteiger partial charge in [0, 0.05) is 24.4 Å². The van der Waals surface area contributed by atoms with E-state index in [2.05, 4.69) is 19.8 Å². The third kappa shape index (κ3) is 5.05. The number of nitrogen functional groups attached to an aromatic ring is 1. The number of ketones is 1. The first-order valence-corrected chi connectivity index (χ1v) is 9.66. The molecule has 176 valence electrons. The lowest BCUT2D eigenvalue weighted by Gasteiger charge is -2.12. The fourth-order valence-electron chi connectivity index (χ4n) is 3.29. The molecule has 4 rings (SSSR count). The van der Waals surface area contributed by atoms with Gasteiger partial charge in [0.1, 0.15) is 11.6 Å². The number of methoxy groups -OCH3 is 1. The number of anilines is 1. The third-order valence-corrected chi connectivity index (χ3v) is 4.81. The van der Waals surface area contributed by atoms with Crippen LogP contribution >= 0.6 is 0 Å². The molecule has 0 saturated heterocycles. The van der Waals surface area contributed by atoms with E-state index in [1.54, 1.807) is 18.3 Å². The second kappa shape index (κ2) is 8.96. The molecule has 0 atom stereocenters. The number of fused-ring (bicyclic) bond motifs is 1. The number of hydrogen-bond donors (Lipinski definition) is 1. The van der Waals surface area contributed by atoms with Crippen molar-refractivity contribution in [1.82, 2.24) is 19.6 Å². The van der Waals surface area contributed by atoms with E-state index in [0.717, 1.165) is 18.2 Å². The number of aryl methyl sites for hydroxylation is 1. The van der Waals surface area contributed by atoms with E-state index < -0.39 is 43.1 Å². The van der Waals surface area contributed by atoms with Crippen molar-refractivity contribution < 1.29 is 35.9 Å². The standard InChI is InChI=1S/C22H17F4N5O3/c1-33-20-16(9-14(11-28-20)12-6-7-31-19(10-12)29-21(27)30-31)18(32)5-2-13-8-15(3-4-17(13)23)34-22(24,25)26/h3-4,6-11H,2,5H2,1H3,(H2,27,30)/i1D3. The maximum absolute atomic E-state index is 14.2. The minimum Gasteiger partial charge on any atom is -0.480 e. The lowest BCUT2D eigenvalue weighted by Crippen LogP contribution is -2.17. The Morgan fingerprint density at radius 2 is 2.03 bits per heavy atom. The summed E-state index contributed by atoms with van der Waals surface area (Å²) in [6.07, 6.45) is -2.81. The molecule has 0 aliphatic rings. The number of aromatic nitrogens is 4. The van der Waals surface area contributed by atoms with Gasteiger partial charge in [0.05, 0.1) is 16.7 Å². The molecule has 1 aromatic carbocycles. The van der Waals surface area contributed by atoms with Crippen molar-refractivity contribution in [3.05, 3.63) is 65.7 Å². The van der Waals surface area contributed by atoms with Crippen LogP contribution in [0.3, 0.4) is 0 Å². The smallest absolute Gasteiger partial charge is 0.480 e. The minimum atomic E-state index is -4.97. The van der Waals surface area contributed by atoms with Crippen molar-refractivity contribution in [3.8, 4) is 22.8 Å². The van der Waals surface area contributed by atoms with Crippen molar-refractivity contribution in [2.75, 3.05) is 12.8 Å². The topological polar surface area (TPSA) is 105 Å². The van der Waals surface area contributed by atoms with Gasteiger partial charge in [-0.3, -0.25) is 4.79 Å². The van der Waals surface area contributed by atoms with Crippen molar-refractivity contribution in [2.24, 2.45) is 0 Å². The van der Waals surface area contributed by atoms with Crippen LogP contribution in [-0.2, 0) is 6.42 Å². The molecule has 0 amide bonds. The molecule has 0 saturated carbocycles. The van der Waals surface area contributed by atoms with E-state index in [1.807, 2.05) is 0 Å². The van der Waals surface area contributed by atoms with Crippen LogP contribution in [0.1, 0.15) is 26.5 Å². The summed E-state index contributed by atoms with van der Waals surface area (Å²) in [5.41, 5.74) is 6.53. The van der Waals surface area contributed by atoms with Crippen LogP contribution in [0.2, 0.25) is 0 Å². The van der Waals surface area contributed by atoms with Crippen molar-refractivity contribution in [2.45, 2.75) is 19.2 Å². The highest BCUT2D eigenvalue weighted by Gasteiger charge is 2.31. The number of nitrogens with two attached hydrogens (primary N) is 1. The van der Waals surface area contributed by atoms with Crippen LogP contribution in [0.25, 0.3) is 16.8 Å². The summed E-state index contributed by atoms with van der Waals surface area (Å²) in [7, 11) is -2.92. The Labute approximate surface area is 194 Å². The molecule has 0 aliphatic carbocycles. The van der Waals surface area contributed by atoms with Crippen LogP contribution in [-0.4, -0.2) is 38.8 Å². The summed E-state index contributed by atoms with van der Waals surface area (Å²) in [4.78, 5) is 21.1. The number of hydrogen-bond acceptors (Lipinski definition) is 7. The maximum atomic E-state index is 14.2. The third-order valence-electron chi connectivity index (χ3n) is 4.81. The average Bonchev–Trinajstić information content (AvgIpc) is 3.16. The molecule has 0 aliphatic heterocycles. The number of benzene rings is 1. The van der Waals surface area contributed by atoms with Gasteiger partial charge in [0.2, 0.25) is 11.8 Å². The van der Waals surface area contributed by atoms with Gasteiger partial charge in [-0.1, -0.05) is 0 Å². The predicted molar refractivity (Wildman–Crippen MR) is 113 cm³/mol. The highest BCUT2D eigenvalue weighted by Crippen LogP contribution is 2.28. The van der Waals surface area contributed by atoms with E-state index >= 15 is 0 Å². The van der Waals surface area contributed by atoms with E-state index in [4.69, 9.17) is 14.6 Å². The number of alkyl halides is 3. The van der Waals surface area contributed by atoms with Gasteiger partial charge in [-0.15, -0.1) is 18.3 Å². The monoisotopic (exact) mass is 478 g/mol. The number of nitrogens with zero attached hydrogens (tertiary/aromatic N) is 4. The van der Waals surface area contributed by atoms with Gasteiger partial charge in [-0.05, 0) is 53.9 Å². The van der Waals surface area contributed by atoms with E-state index in [1.165, 1.54) is 16.8 Å². The lowest BCUT2D eigenvalue weighted by molar-refractivity contribution is -0.274.